The van der Waals surface area contributed by atoms with E-state index in [1.54, 1.807) is 0 Å². The number of guanidine groups is 1. The maximum Gasteiger partial charge on any atom is 0.220 e. The predicted octanol–water partition coefficient (Wildman–Crippen LogP) is 3.82. The van der Waals surface area contributed by atoms with E-state index in [2.05, 4.69) is 38.5 Å². The van der Waals surface area contributed by atoms with Gasteiger partial charge in [-0.1, -0.05) is 38.2 Å². The van der Waals surface area contributed by atoms with Crippen molar-refractivity contribution in [2.45, 2.75) is 77.3 Å². The molecule has 1 saturated carbocycles. The van der Waals surface area contributed by atoms with E-state index in [1.807, 2.05) is 19.3 Å². The van der Waals surface area contributed by atoms with Gasteiger partial charge >= 0.3 is 0 Å². The lowest BCUT2D eigenvalue weighted by Crippen LogP contribution is -2.42. The molecule has 1 aliphatic heterocycles. The van der Waals surface area contributed by atoms with Gasteiger partial charge in [-0.2, -0.15) is 0 Å². The molecule has 3 rings (SSSR count). The van der Waals surface area contributed by atoms with Crippen LogP contribution in [0.4, 0.5) is 5.82 Å². The number of nitrogens with zero attached hydrogens (tertiary/aromatic N) is 3. The molecule has 180 valence electrons. The Morgan fingerprint density at radius 1 is 1.25 bits per heavy atom. The highest BCUT2D eigenvalue weighted by molar-refractivity contribution is 14.0. The van der Waals surface area contributed by atoms with Crippen LogP contribution in [0.1, 0.15) is 70.3 Å². The first kappa shape index (κ1) is 26.7. The fourth-order valence-electron chi connectivity index (χ4n) is 4.87. The first-order valence-electron chi connectivity index (χ1n) is 12.0. The molecule has 0 bridgehead atoms. The summed E-state index contributed by atoms with van der Waals surface area (Å²) in [6, 6.07) is 4.48. The number of amides is 1. The number of nitrogens with two attached hydrogens (primary N) is 1. The maximum absolute atomic E-state index is 11.5. The van der Waals surface area contributed by atoms with Gasteiger partial charge < -0.3 is 21.3 Å². The van der Waals surface area contributed by atoms with Crippen LogP contribution in [-0.2, 0) is 11.3 Å². The maximum atomic E-state index is 11.5. The molecule has 0 aromatic carbocycles. The molecule has 1 aromatic heterocycles. The Kier molecular flexibility index (Phi) is 11.5. The number of pyridine rings is 1. The van der Waals surface area contributed by atoms with Crippen LogP contribution in [0.3, 0.4) is 0 Å². The molecule has 1 saturated heterocycles. The number of hydrogen-bond acceptors (Lipinski definition) is 4. The van der Waals surface area contributed by atoms with Gasteiger partial charge in [-0.3, -0.25) is 9.79 Å². The second-order valence-electron chi connectivity index (χ2n) is 9.20. The van der Waals surface area contributed by atoms with Crippen molar-refractivity contribution in [1.82, 2.24) is 15.6 Å². The average molecular weight is 557 g/mol. The number of aromatic nitrogens is 1. The van der Waals surface area contributed by atoms with Gasteiger partial charge in [0, 0.05) is 50.4 Å². The van der Waals surface area contributed by atoms with Crippen LogP contribution in [0.15, 0.2) is 23.3 Å². The Labute approximate surface area is 210 Å². The fraction of sp³-hybridized carbons (Fsp3) is 0.708. The molecule has 4 N–H and O–H groups in total. The van der Waals surface area contributed by atoms with Crippen molar-refractivity contribution >= 4 is 41.7 Å². The number of rotatable bonds is 8. The van der Waals surface area contributed by atoms with Gasteiger partial charge in [0.05, 0.1) is 0 Å². The minimum Gasteiger partial charge on any atom is -0.369 e. The number of piperidine rings is 1. The topological polar surface area (TPSA) is 95.6 Å². The Bertz CT molecular complexity index is 729. The molecule has 2 heterocycles. The molecule has 1 aliphatic carbocycles. The number of halogens is 1. The van der Waals surface area contributed by atoms with Gasteiger partial charge in [0.2, 0.25) is 5.91 Å². The van der Waals surface area contributed by atoms with Gasteiger partial charge in [-0.05, 0) is 44.6 Å². The summed E-state index contributed by atoms with van der Waals surface area (Å²) >= 11 is 0. The van der Waals surface area contributed by atoms with Crippen LogP contribution in [-0.4, -0.2) is 43.0 Å². The predicted molar refractivity (Wildman–Crippen MR) is 142 cm³/mol. The lowest BCUT2D eigenvalue weighted by atomic mass is 9.85. The fourth-order valence-corrected chi connectivity index (χ4v) is 4.87. The SMILES string of the molecule is CN=C(NCc1cccnc1N1CCC(C(N)=O)CC1)NC(C)CCC1CCCCC1.I. The van der Waals surface area contributed by atoms with E-state index in [0.29, 0.717) is 12.6 Å². The lowest BCUT2D eigenvalue weighted by Gasteiger charge is -2.32. The largest absolute Gasteiger partial charge is 0.369 e. The first-order valence-corrected chi connectivity index (χ1v) is 12.0. The molecule has 8 heteroatoms. The number of carbonyl (C=O) groups is 1. The molecule has 7 nitrogen and oxygen atoms in total. The molecule has 2 fully saturated rings. The summed E-state index contributed by atoms with van der Waals surface area (Å²) in [5.74, 6) is 2.52. The van der Waals surface area contributed by atoms with Crippen molar-refractivity contribution in [2.75, 3.05) is 25.0 Å². The van der Waals surface area contributed by atoms with E-state index in [1.165, 1.54) is 44.9 Å². The van der Waals surface area contributed by atoms with E-state index in [9.17, 15) is 4.79 Å². The third-order valence-electron chi connectivity index (χ3n) is 6.85. The van der Waals surface area contributed by atoms with Crippen LogP contribution < -0.4 is 21.3 Å². The van der Waals surface area contributed by atoms with Gasteiger partial charge in [-0.25, -0.2) is 4.98 Å². The molecular formula is C24H41IN6O. The van der Waals surface area contributed by atoms with E-state index in [0.717, 1.165) is 49.2 Å². The Hall–Kier alpha value is -1.58. The second kappa shape index (κ2) is 13.9. The highest BCUT2D eigenvalue weighted by Gasteiger charge is 2.25. The number of anilines is 1. The zero-order valence-electron chi connectivity index (χ0n) is 19.7. The monoisotopic (exact) mass is 556 g/mol. The first-order chi connectivity index (χ1) is 15.1. The van der Waals surface area contributed by atoms with Gasteiger partial charge in [-0.15, -0.1) is 24.0 Å². The van der Waals surface area contributed by atoms with Gasteiger partial charge in [0.15, 0.2) is 5.96 Å². The third-order valence-corrected chi connectivity index (χ3v) is 6.85. The summed E-state index contributed by atoms with van der Waals surface area (Å²) in [6.07, 6.45) is 12.9. The van der Waals surface area contributed by atoms with E-state index in [-0.39, 0.29) is 35.8 Å². The summed E-state index contributed by atoms with van der Waals surface area (Å²) in [5.41, 5.74) is 6.61. The van der Waals surface area contributed by atoms with Crippen LogP contribution in [0.25, 0.3) is 0 Å². The smallest absolute Gasteiger partial charge is 0.220 e. The zero-order chi connectivity index (χ0) is 22.1. The molecule has 1 unspecified atom stereocenters. The average Bonchev–Trinajstić information content (AvgIpc) is 2.81. The Balaban J connectivity index is 0.00000363. The number of aliphatic imine (C=N–C) groups is 1. The van der Waals surface area contributed by atoms with Crippen LogP contribution >= 0.6 is 24.0 Å². The van der Waals surface area contributed by atoms with Crippen molar-refractivity contribution in [1.29, 1.82) is 0 Å². The van der Waals surface area contributed by atoms with Crippen LogP contribution in [0, 0.1) is 11.8 Å². The lowest BCUT2D eigenvalue weighted by molar-refractivity contribution is -0.122. The summed E-state index contributed by atoms with van der Waals surface area (Å²) in [7, 11) is 1.82. The molecule has 1 atom stereocenters. The quantitative estimate of drug-likeness (QED) is 0.257. The third kappa shape index (κ3) is 8.08. The van der Waals surface area contributed by atoms with Gasteiger partial charge in [0.25, 0.3) is 0 Å². The molecule has 1 amide bonds. The highest BCUT2D eigenvalue weighted by Crippen LogP contribution is 2.28. The van der Waals surface area contributed by atoms with Crippen molar-refractivity contribution in [2.24, 2.45) is 22.6 Å². The number of nitrogens with one attached hydrogen (secondary N) is 2. The van der Waals surface area contributed by atoms with Crippen molar-refractivity contribution in [3.63, 3.8) is 0 Å². The molecule has 0 radical (unpaired) electrons. The van der Waals surface area contributed by atoms with Crippen molar-refractivity contribution in [3.8, 4) is 0 Å². The van der Waals surface area contributed by atoms with Crippen molar-refractivity contribution < 1.29 is 4.79 Å². The number of primary amides is 1. The minimum atomic E-state index is -0.185. The second-order valence-corrected chi connectivity index (χ2v) is 9.20. The minimum absolute atomic E-state index is 0. The standard InChI is InChI=1S/C24H40N6O.HI/c1-18(10-11-19-7-4-3-5-8-19)29-24(26-2)28-17-21-9-6-14-27-23(21)30-15-12-20(13-16-30)22(25)31;/h6,9,14,18-20H,3-5,7-8,10-13,15-17H2,1-2H3,(H2,25,31)(H2,26,28,29);1H. The van der Waals surface area contributed by atoms with Gasteiger partial charge in [0.1, 0.15) is 5.82 Å². The van der Waals surface area contributed by atoms with Crippen LogP contribution in [0.5, 0.6) is 0 Å². The molecule has 0 spiro atoms. The summed E-state index contributed by atoms with van der Waals surface area (Å²) in [6.45, 7) is 4.52. The molecule has 1 aromatic rings. The number of hydrogen-bond donors (Lipinski definition) is 3. The Morgan fingerprint density at radius 3 is 2.62 bits per heavy atom. The van der Waals surface area contributed by atoms with E-state index in [4.69, 9.17) is 5.73 Å². The van der Waals surface area contributed by atoms with Crippen molar-refractivity contribution in [3.05, 3.63) is 23.9 Å². The summed E-state index contributed by atoms with van der Waals surface area (Å²) in [4.78, 5) is 22.8. The van der Waals surface area contributed by atoms with Crippen LogP contribution in [0.2, 0.25) is 0 Å². The molecular weight excluding hydrogens is 515 g/mol. The molecule has 2 aliphatic rings. The highest BCUT2D eigenvalue weighted by atomic mass is 127. The Morgan fingerprint density at radius 2 is 1.97 bits per heavy atom. The molecule has 32 heavy (non-hydrogen) atoms. The number of carbonyl (C=O) groups excluding carboxylic acids is 1. The zero-order valence-corrected chi connectivity index (χ0v) is 22.0. The van der Waals surface area contributed by atoms with E-state index < -0.39 is 0 Å². The van der Waals surface area contributed by atoms with E-state index >= 15 is 0 Å². The normalized spacial score (nSPS) is 19.2. The summed E-state index contributed by atoms with van der Waals surface area (Å²) in [5, 5.41) is 7.01. The summed E-state index contributed by atoms with van der Waals surface area (Å²) < 4.78 is 0.